The normalized spacial score (nSPS) is 21.4. The molecule has 4 N–H and O–H groups in total. The number of hydrogen-bond donors (Lipinski definition) is 4. The number of carbonyl (C=O) groups is 3. The first kappa shape index (κ1) is 60.2. The van der Waals surface area contributed by atoms with Gasteiger partial charge < -0.3 is 20.4 Å². The number of sulfonamides is 1. The molecule has 4 heterocycles. The molecule has 0 aromatic heterocycles. The van der Waals surface area contributed by atoms with Crippen LogP contribution in [0.1, 0.15) is 86.7 Å². The third-order valence-electron chi connectivity index (χ3n) is 16.7. The number of likely N-dealkylation sites (tertiary alicyclic amines) is 1. The molecule has 442 valence electrons. The summed E-state index contributed by atoms with van der Waals surface area (Å²) >= 11 is 7.67. The molecule has 3 unspecified atom stereocenters. The van der Waals surface area contributed by atoms with Crippen LogP contribution >= 0.6 is 23.4 Å². The van der Waals surface area contributed by atoms with Crippen LogP contribution in [0, 0.1) is 5.41 Å². The molecule has 5 aromatic rings. The quantitative estimate of drug-likeness (QED) is 0.0427. The van der Waals surface area contributed by atoms with E-state index in [-0.39, 0.29) is 41.3 Å². The van der Waals surface area contributed by atoms with Crippen LogP contribution in [0.5, 0.6) is 0 Å². The summed E-state index contributed by atoms with van der Waals surface area (Å²) in [6.45, 7) is 11.3. The maximum absolute atomic E-state index is 14.5. The van der Waals surface area contributed by atoms with Crippen LogP contribution in [0.15, 0.2) is 142 Å². The van der Waals surface area contributed by atoms with Gasteiger partial charge in [0, 0.05) is 116 Å². The summed E-state index contributed by atoms with van der Waals surface area (Å²) in [6.07, 6.45) is 6.24. The van der Waals surface area contributed by atoms with Crippen molar-refractivity contribution in [3.05, 3.63) is 149 Å². The lowest BCUT2D eigenvalue weighted by molar-refractivity contribution is -0.133. The van der Waals surface area contributed by atoms with Crippen molar-refractivity contribution in [1.29, 1.82) is 0 Å². The molecule has 5 aromatic carbocycles. The summed E-state index contributed by atoms with van der Waals surface area (Å²) in [6, 6.07) is 33.8. The molecule has 0 saturated carbocycles. The Kier molecular flexibility index (Phi) is 18.4. The van der Waals surface area contributed by atoms with Gasteiger partial charge in [0.15, 0.2) is 0 Å². The number of benzene rings is 5. The van der Waals surface area contributed by atoms with Crippen LogP contribution in [-0.2, 0) is 36.0 Å². The molecule has 0 radical (unpaired) electrons. The largest absolute Gasteiger partial charge is 0.501 e. The molecule has 10 rings (SSSR count). The van der Waals surface area contributed by atoms with E-state index in [1.54, 1.807) is 12.1 Å². The Morgan fingerprint density at radius 3 is 2.16 bits per heavy atom. The molecule has 4 atom stereocenters. The predicted octanol–water partition coefficient (Wildman–Crippen LogP) is 10.1. The highest BCUT2D eigenvalue weighted by atomic mass is 35.5. The smallest absolute Gasteiger partial charge is 0.380 e. The topological polar surface area (TPSA) is 181 Å². The lowest BCUT2D eigenvalue weighted by Gasteiger charge is -2.41. The number of piperidine rings is 1. The van der Waals surface area contributed by atoms with E-state index in [1.807, 2.05) is 71.5 Å². The molecule has 2 bridgehead atoms. The Bertz CT molecular complexity index is 3410. The number of nitrogens with one attached hydrogen (secondary N) is 4. The van der Waals surface area contributed by atoms with Gasteiger partial charge in [0.2, 0.25) is 11.8 Å². The molecule has 0 spiro atoms. The zero-order chi connectivity index (χ0) is 58.7. The van der Waals surface area contributed by atoms with E-state index in [1.165, 1.54) is 40.6 Å². The number of piperazine rings is 2. The molecule has 22 heteroatoms. The van der Waals surface area contributed by atoms with Gasteiger partial charge in [0.1, 0.15) is 10.9 Å². The minimum Gasteiger partial charge on any atom is -0.380 e. The van der Waals surface area contributed by atoms with Crippen molar-refractivity contribution in [3.63, 3.8) is 0 Å². The highest BCUT2D eigenvalue weighted by molar-refractivity contribution is 7.99. The number of fused-ring (bicyclic) bond motifs is 2. The second-order valence-corrected chi connectivity index (χ2v) is 28.3. The molecule has 4 fully saturated rings. The number of allylic oxidation sites excluding steroid dienone is 1. The summed E-state index contributed by atoms with van der Waals surface area (Å²) in [5, 5.41) is 9.38. The third kappa shape index (κ3) is 14.8. The molecule has 15 nitrogen and oxygen atoms in total. The SMILES string of the molecule is CC1(C)CCC(c2ccc(Cl)cc2)=C(CN2CCN(c3ccc(C(=O)NS(=O)(=O)c4ccc(N[C@H](CCN5CC6CCC(C5)N6Cc5ccc(NC6CCC(=O)NC6=O)cc5)CSc5ccccc5)c(S(=O)(=O)C(F)(F)F)c4)cc3)CC2)C1. The molecular formula is C61H70ClF3N8O7S3. The second kappa shape index (κ2) is 25.3. The van der Waals surface area contributed by atoms with Gasteiger partial charge in [-0.3, -0.25) is 29.5 Å². The Morgan fingerprint density at radius 1 is 0.807 bits per heavy atom. The number of halogens is 4. The predicted molar refractivity (Wildman–Crippen MR) is 320 cm³/mol. The Balaban J connectivity index is 0.777. The number of imide groups is 1. The highest BCUT2D eigenvalue weighted by Gasteiger charge is 2.49. The van der Waals surface area contributed by atoms with Gasteiger partial charge in [-0.15, -0.1) is 11.8 Å². The fraction of sp³-hybridized carbons (Fsp3) is 0.426. The number of amides is 3. The number of nitrogens with zero attached hydrogens (tertiary/aromatic N) is 4. The first-order chi connectivity index (χ1) is 39.6. The van der Waals surface area contributed by atoms with Gasteiger partial charge >= 0.3 is 5.51 Å². The highest BCUT2D eigenvalue weighted by Crippen LogP contribution is 2.43. The van der Waals surface area contributed by atoms with Gasteiger partial charge in [0.25, 0.3) is 25.8 Å². The summed E-state index contributed by atoms with van der Waals surface area (Å²) in [7, 11) is -11.0. The Hall–Kier alpha value is -5.94. The third-order valence-corrected chi connectivity index (χ3v) is 21.0. The second-order valence-electron chi connectivity index (χ2n) is 23.2. The standard InChI is InChI=1S/C61H70ClF3N8O7S3/c1-60(2)28-26-53(42-10-14-45(62)15-11-42)44(35-60)37-70-30-32-72(33-31-70)48-18-12-43(13-19-48)58(75)69-83(79,80)52-22-23-54(56(34-52)82(77,78)61(63,64)65)67-47(40-81-51-6-4-3-5-7-51)27-29-71-38-49-20-21-50(39-71)73(49)36-41-8-16-46(17-9-41)66-55-24-25-57(74)68-59(55)76/h3-19,22-23,34,47,49-50,55,66-67H,20-21,24-33,35-40H2,1-2H3,(H,69,75)(H,68,74,76)/t47-,49?,50?,55?/m1/s1. The summed E-state index contributed by atoms with van der Waals surface area (Å²) < 4.78 is 100. The Labute approximate surface area is 493 Å². The van der Waals surface area contributed by atoms with E-state index in [4.69, 9.17) is 11.6 Å². The van der Waals surface area contributed by atoms with E-state index < -0.39 is 58.8 Å². The minimum atomic E-state index is -6.12. The number of rotatable bonds is 20. The van der Waals surface area contributed by atoms with Gasteiger partial charge in [0.05, 0.1) is 10.6 Å². The summed E-state index contributed by atoms with van der Waals surface area (Å²) in [4.78, 5) is 45.7. The van der Waals surface area contributed by atoms with Crippen LogP contribution in [0.2, 0.25) is 5.02 Å². The number of carbonyl (C=O) groups excluding carboxylic acids is 3. The summed E-state index contributed by atoms with van der Waals surface area (Å²) in [5.41, 5.74) is 0.770. The number of thioether (sulfide) groups is 1. The number of alkyl halides is 3. The lowest BCUT2D eigenvalue weighted by atomic mass is 9.73. The van der Waals surface area contributed by atoms with E-state index in [2.05, 4.69) is 61.5 Å². The first-order valence-corrected chi connectivity index (χ1v) is 32.6. The lowest BCUT2D eigenvalue weighted by Crippen LogP contribution is -2.53. The van der Waals surface area contributed by atoms with Gasteiger partial charge in [-0.05, 0) is 146 Å². The fourth-order valence-electron chi connectivity index (χ4n) is 12.1. The molecule has 1 aliphatic carbocycles. The molecule has 5 aliphatic rings. The zero-order valence-electron chi connectivity index (χ0n) is 46.5. The van der Waals surface area contributed by atoms with Crippen LogP contribution in [0.3, 0.4) is 0 Å². The van der Waals surface area contributed by atoms with Crippen LogP contribution in [0.25, 0.3) is 5.57 Å². The van der Waals surface area contributed by atoms with Crippen molar-refractivity contribution < 1.29 is 44.4 Å². The average molecular weight is 1220 g/mol. The van der Waals surface area contributed by atoms with Crippen molar-refractivity contribution >= 4 is 83.6 Å². The van der Waals surface area contributed by atoms with Crippen molar-refractivity contribution in [2.24, 2.45) is 5.41 Å². The molecule has 4 aliphatic heterocycles. The fourth-order valence-corrected chi connectivity index (χ4v) is 15.3. The van der Waals surface area contributed by atoms with Crippen molar-refractivity contribution in [1.82, 2.24) is 24.7 Å². The maximum atomic E-state index is 14.5. The zero-order valence-corrected chi connectivity index (χ0v) is 49.7. The van der Waals surface area contributed by atoms with Gasteiger partial charge in [-0.25, -0.2) is 21.6 Å². The van der Waals surface area contributed by atoms with Crippen molar-refractivity contribution in [2.45, 2.75) is 116 Å². The number of anilines is 3. The summed E-state index contributed by atoms with van der Waals surface area (Å²) in [5.74, 6) is -1.30. The van der Waals surface area contributed by atoms with Crippen LogP contribution in [0.4, 0.5) is 30.2 Å². The molecule has 3 amide bonds. The monoisotopic (exact) mass is 1210 g/mol. The minimum absolute atomic E-state index is 0.0139. The van der Waals surface area contributed by atoms with Crippen molar-refractivity contribution in [2.75, 3.05) is 73.6 Å². The van der Waals surface area contributed by atoms with Crippen LogP contribution < -0.4 is 25.6 Å². The average Bonchev–Trinajstić information content (AvgIpc) is 3.53. The molecular weight excluding hydrogens is 1150 g/mol. The number of sulfone groups is 1. The first-order valence-electron chi connectivity index (χ1n) is 28.2. The maximum Gasteiger partial charge on any atom is 0.501 e. The Morgan fingerprint density at radius 2 is 1.49 bits per heavy atom. The van der Waals surface area contributed by atoms with E-state index in [9.17, 15) is 44.4 Å². The van der Waals surface area contributed by atoms with E-state index in [0.29, 0.717) is 36.2 Å². The van der Waals surface area contributed by atoms with E-state index >= 15 is 0 Å². The van der Waals surface area contributed by atoms with Gasteiger partial charge in [-0.1, -0.05) is 73.5 Å². The molecule has 4 saturated heterocycles. The number of hydrogen-bond acceptors (Lipinski definition) is 14. The van der Waals surface area contributed by atoms with Crippen LogP contribution in [-0.4, -0.2) is 137 Å². The van der Waals surface area contributed by atoms with Gasteiger partial charge in [-0.2, -0.15) is 13.2 Å². The van der Waals surface area contributed by atoms with Crippen molar-refractivity contribution in [3.8, 4) is 0 Å². The van der Waals surface area contributed by atoms with E-state index in [0.717, 1.165) is 118 Å². The molecule has 83 heavy (non-hydrogen) atoms.